The summed E-state index contributed by atoms with van der Waals surface area (Å²) >= 11 is 6.39. The molecule has 0 saturated heterocycles. The van der Waals surface area contributed by atoms with Crippen LogP contribution in [0.4, 0.5) is 5.82 Å². The summed E-state index contributed by atoms with van der Waals surface area (Å²) < 4.78 is 1.91. The van der Waals surface area contributed by atoms with Gasteiger partial charge in [0.2, 0.25) is 5.91 Å². The van der Waals surface area contributed by atoms with Crippen LogP contribution in [-0.4, -0.2) is 21.6 Å². The molecule has 0 fully saturated rings. The first-order valence-corrected chi connectivity index (χ1v) is 9.42. The molecule has 23 heavy (non-hydrogen) atoms. The number of amides is 1. The minimum Gasteiger partial charge on any atom is -0.310 e. The topological polar surface area (TPSA) is 54.9 Å². The Labute approximate surface area is 150 Å². The summed E-state index contributed by atoms with van der Waals surface area (Å²) in [7, 11) is 0. The number of carbonyl (C=O) groups excluding carboxylic acids is 1. The Balaban J connectivity index is 1.57. The van der Waals surface area contributed by atoms with E-state index in [2.05, 4.69) is 31.2 Å². The summed E-state index contributed by atoms with van der Waals surface area (Å²) in [6, 6.07) is 13.4. The fourth-order valence-corrected chi connectivity index (χ4v) is 3.72. The fourth-order valence-electron chi connectivity index (χ4n) is 1.82. The molecule has 0 atom stereocenters. The van der Waals surface area contributed by atoms with E-state index in [0.717, 1.165) is 20.1 Å². The molecular formula is C16H12BrN3OS2. The number of carbonyl (C=O) groups is 1. The van der Waals surface area contributed by atoms with E-state index < -0.39 is 0 Å². The predicted octanol–water partition coefficient (Wildman–Crippen LogP) is 4.70. The quantitative estimate of drug-likeness (QED) is 0.625. The van der Waals surface area contributed by atoms with Crippen LogP contribution in [0.3, 0.4) is 0 Å². The highest BCUT2D eigenvalue weighted by molar-refractivity contribution is 9.10. The smallest absolute Gasteiger partial charge is 0.235 e. The van der Waals surface area contributed by atoms with Crippen LogP contribution in [0.25, 0.3) is 11.3 Å². The Kier molecular flexibility index (Phi) is 5.43. The van der Waals surface area contributed by atoms with Crippen molar-refractivity contribution < 1.29 is 4.79 Å². The number of aromatic nitrogens is 2. The third-order valence-electron chi connectivity index (χ3n) is 2.88. The molecule has 3 aromatic rings. The van der Waals surface area contributed by atoms with Crippen molar-refractivity contribution in [2.75, 3.05) is 11.1 Å². The summed E-state index contributed by atoms with van der Waals surface area (Å²) in [4.78, 5) is 20.5. The Bertz CT molecular complexity index is 791. The van der Waals surface area contributed by atoms with Gasteiger partial charge in [-0.3, -0.25) is 4.79 Å². The highest BCUT2D eigenvalue weighted by Crippen LogP contribution is 2.29. The van der Waals surface area contributed by atoms with Crippen LogP contribution in [-0.2, 0) is 4.79 Å². The monoisotopic (exact) mass is 405 g/mol. The summed E-state index contributed by atoms with van der Waals surface area (Å²) in [5.74, 6) is 0.783. The van der Waals surface area contributed by atoms with Crippen molar-refractivity contribution in [2.45, 2.75) is 4.34 Å². The van der Waals surface area contributed by atoms with Crippen molar-refractivity contribution in [1.82, 2.24) is 9.97 Å². The third kappa shape index (κ3) is 4.63. The van der Waals surface area contributed by atoms with E-state index in [4.69, 9.17) is 0 Å². The number of thiazole rings is 1. The molecule has 0 spiro atoms. The second-order valence-electron chi connectivity index (χ2n) is 4.56. The van der Waals surface area contributed by atoms with Crippen LogP contribution in [0.5, 0.6) is 0 Å². The van der Waals surface area contributed by atoms with Crippen molar-refractivity contribution in [1.29, 1.82) is 0 Å². The van der Waals surface area contributed by atoms with Gasteiger partial charge in [0.1, 0.15) is 5.82 Å². The third-order valence-corrected chi connectivity index (χ3v) is 5.43. The van der Waals surface area contributed by atoms with Gasteiger partial charge in [-0.15, -0.1) is 11.3 Å². The second-order valence-corrected chi connectivity index (χ2v) is 7.55. The molecule has 0 saturated carbocycles. The number of halogens is 1. The van der Waals surface area contributed by atoms with Crippen molar-refractivity contribution in [2.24, 2.45) is 0 Å². The van der Waals surface area contributed by atoms with Gasteiger partial charge >= 0.3 is 0 Å². The summed E-state index contributed by atoms with van der Waals surface area (Å²) in [5, 5.41) is 4.76. The van der Waals surface area contributed by atoms with Crippen LogP contribution in [0, 0.1) is 0 Å². The highest BCUT2D eigenvalue weighted by atomic mass is 79.9. The van der Waals surface area contributed by atoms with Gasteiger partial charge in [-0.25, -0.2) is 9.97 Å². The highest BCUT2D eigenvalue weighted by Gasteiger charge is 2.08. The SMILES string of the molecule is O=C(CSc1nc(-c2ccc(Br)cc2)cs1)Nc1ccccn1. The van der Waals surface area contributed by atoms with Gasteiger partial charge in [0, 0.05) is 21.6 Å². The van der Waals surface area contributed by atoms with Crippen LogP contribution >= 0.6 is 39.0 Å². The fraction of sp³-hybridized carbons (Fsp3) is 0.0625. The van der Waals surface area contributed by atoms with Crippen molar-refractivity contribution >= 4 is 50.8 Å². The molecule has 0 aliphatic carbocycles. The second kappa shape index (κ2) is 7.72. The van der Waals surface area contributed by atoms with Crippen LogP contribution < -0.4 is 5.32 Å². The number of anilines is 1. The molecule has 116 valence electrons. The normalized spacial score (nSPS) is 10.5. The van der Waals surface area contributed by atoms with E-state index in [0.29, 0.717) is 11.6 Å². The summed E-state index contributed by atoms with van der Waals surface area (Å²) in [5.41, 5.74) is 1.99. The zero-order valence-corrected chi connectivity index (χ0v) is 15.1. The molecule has 2 aromatic heterocycles. The lowest BCUT2D eigenvalue weighted by Crippen LogP contribution is -2.14. The van der Waals surface area contributed by atoms with Gasteiger partial charge in [0.05, 0.1) is 11.4 Å². The van der Waals surface area contributed by atoms with E-state index in [9.17, 15) is 4.79 Å². The first-order valence-electron chi connectivity index (χ1n) is 6.76. The first kappa shape index (κ1) is 16.2. The average molecular weight is 406 g/mol. The molecule has 0 unspecified atom stereocenters. The predicted molar refractivity (Wildman–Crippen MR) is 98.8 cm³/mol. The lowest BCUT2D eigenvalue weighted by atomic mass is 10.2. The first-order chi connectivity index (χ1) is 11.2. The van der Waals surface area contributed by atoms with Gasteiger partial charge in [0.25, 0.3) is 0 Å². The molecule has 3 rings (SSSR count). The molecule has 1 N–H and O–H groups in total. The number of nitrogens with zero attached hydrogens (tertiary/aromatic N) is 2. The van der Waals surface area contributed by atoms with Gasteiger partial charge in [-0.05, 0) is 24.3 Å². The average Bonchev–Trinajstić information content (AvgIpc) is 3.04. The van der Waals surface area contributed by atoms with Crippen LogP contribution in [0.1, 0.15) is 0 Å². The largest absolute Gasteiger partial charge is 0.310 e. The molecule has 1 amide bonds. The van der Waals surface area contributed by atoms with E-state index in [1.165, 1.54) is 11.8 Å². The standard InChI is InChI=1S/C16H12BrN3OS2/c17-12-6-4-11(5-7-12)13-9-22-16(19-13)23-10-15(21)20-14-3-1-2-8-18-14/h1-9H,10H2,(H,18,20,21). The molecule has 0 bridgehead atoms. The number of benzene rings is 1. The molecule has 4 nitrogen and oxygen atoms in total. The Morgan fingerprint density at radius 3 is 2.78 bits per heavy atom. The maximum atomic E-state index is 11.9. The minimum absolute atomic E-state index is 0.0888. The summed E-state index contributed by atoms with van der Waals surface area (Å²) in [6.45, 7) is 0. The lowest BCUT2D eigenvalue weighted by molar-refractivity contribution is -0.113. The number of nitrogens with one attached hydrogen (secondary N) is 1. The van der Waals surface area contributed by atoms with Crippen LogP contribution in [0.2, 0.25) is 0 Å². The van der Waals surface area contributed by atoms with Gasteiger partial charge < -0.3 is 5.32 Å². The maximum absolute atomic E-state index is 11.9. The number of hydrogen-bond donors (Lipinski definition) is 1. The zero-order valence-electron chi connectivity index (χ0n) is 11.9. The van der Waals surface area contributed by atoms with Crippen molar-refractivity contribution in [3.05, 3.63) is 58.5 Å². The molecule has 7 heteroatoms. The molecule has 0 aliphatic heterocycles. The van der Waals surface area contributed by atoms with E-state index >= 15 is 0 Å². The van der Waals surface area contributed by atoms with Gasteiger partial charge in [-0.1, -0.05) is 45.9 Å². The molecule has 1 aromatic carbocycles. The Morgan fingerprint density at radius 2 is 2.04 bits per heavy atom. The Hall–Kier alpha value is -1.70. The lowest BCUT2D eigenvalue weighted by Gasteiger charge is -2.02. The number of hydrogen-bond acceptors (Lipinski definition) is 5. The molecule has 2 heterocycles. The zero-order chi connectivity index (χ0) is 16.1. The molecular weight excluding hydrogens is 394 g/mol. The minimum atomic E-state index is -0.0888. The van der Waals surface area contributed by atoms with E-state index in [-0.39, 0.29) is 5.91 Å². The molecule has 0 radical (unpaired) electrons. The van der Waals surface area contributed by atoms with Gasteiger partial charge in [-0.2, -0.15) is 0 Å². The van der Waals surface area contributed by atoms with Crippen molar-refractivity contribution in [3.63, 3.8) is 0 Å². The van der Waals surface area contributed by atoms with Crippen LogP contribution in [0.15, 0.2) is 62.9 Å². The molecule has 0 aliphatic rings. The Morgan fingerprint density at radius 1 is 1.22 bits per heavy atom. The maximum Gasteiger partial charge on any atom is 0.235 e. The van der Waals surface area contributed by atoms with Gasteiger partial charge in [0.15, 0.2) is 4.34 Å². The number of pyridine rings is 1. The summed E-state index contributed by atoms with van der Waals surface area (Å²) in [6.07, 6.45) is 1.65. The van der Waals surface area contributed by atoms with Crippen molar-refractivity contribution in [3.8, 4) is 11.3 Å². The van der Waals surface area contributed by atoms with E-state index in [1.807, 2.05) is 41.8 Å². The number of rotatable bonds is 5. The van der Waals surface area contributed by atoms with E-state index in [1.54, 1.807) is 23.6 Å². The number of thioether (sulfide) groups is 1.